The van der Waals surface area contributed by atoms with E-state index in [-0.39, 0.29) is 10.7 Å². The lowest BCUT2D eigenvalue weighted by molar-refractivity contribution is 0.0692. The first-order chi connectivity index (χ1) is 8.52. The number of nitrogens with zero attached hydrogens (tertiary/aromatic N) is 1. The summed E-state index contributed by atoms with van der Waals surface area (Å²) in [5.41, 5.74) is 6.26. The smallest absolute Gasteiger partial charge is 0.357 e. The normalized spacial score (nSPS) is 10.3. The van der Waals surface area contributed by atoms with Crippen LogP contribution in [0.1, 0.15) is 10.5 Å². The Bertz CT molecular complexity index is 612. The van der Waals surface area contributed by atoms with Crippen molar-refractivity contribution in [3.63, 3.8) is 0 Å². The molecule has 0 atom stereocenters. The van der Waals surface area contributed by atoms with Gasteiger partial charge in [0.05, 0.1) is 7.11 Å². The van der Waals surface area contributed by atoms with Crippen molar-refractivity contribution in [2.75, 3.05) is 12.8 Å². The Morgan fingerprint density at radius 1 is 1.56 bits per heavy atom. The van der Waals surface area contributed by atoms with E-state index >= 15 is 0 Å². The van der Waals surface area contributed by atoms with E-state index in [2.05, 4.69) is 20.9 Å². The van der Waals surface area contributed by atoms with E-state index < -0.39 is 5.97 Å². The van der Waals surface area contributed by atoms with Crippen molar-refractivity contribution < 1.29 is 14.6 Å². The van der Waals surface area contributed by atoms with Crippen LogP contribution >= 0.6 is 27.3 Å². The predicted molar refractivity (Wildman–Crippen MR) is 73.2 cm³/mol. The highest BCUT2D eigenvalue weighted by Gasteiger charge is 2.17. The minimum atomic E-state index is -1.13. The first kappa shape index (κ1) is 12.8. The summed E-state index contributed by atoms with van der Waals surface area (Å²) in [6.07, 6.45) is 0. The Hall–Kier alpha value is -1.60. The zero-order chi connectivity index (χ0) is 13.3. The van der Waals surface area contributed by atoms with Crippen LogP contribution in [-0.4, -0.2) is 23.2 Å². The molecule has 3 N–H and O–H groups in total. The number of carboxylic acids is 1. The van der Waals surface area contributed by atoms with Gasteiger partial charge in [-0.05, 0) is 18.2 Å². The number of nitrogen functional groups attached to an aromatic ring is 1. The molecule has 1 heterocycles. The second-order valence-corrected chi connectivity index (χ2v) is 5.27. The van der Waals surface area contributed by atoms with Gasteiger partial charge in [0, 0.05) is 10.0 Å². The fraction of sp³-hybridized carbons (Fsp3) is 0.0909. The van der Waals surface area contributed by atoms with Crippen LogP contribution < -0.4 is 10.5 Å². The average molecular weight is 329 g/mol. The van der Waals surface area contributed by atoms with E-state index in [0.29, 0.717) is 10.8 Å². The number of aromatic carboxylic acids is 1. The maximum atomic E-state index is 10.9. The lowest BCUT2D eigenvalue weighted by atomic mass is 10.2. The maximum absolute atomic E-state index is 10.9. The number of ether oxygens (including phenoxy) is 1. The Kier molecular flexibility index (Phi) is 3.53. The van der Waals surface area contributed by atoms with Crippen LogP contribution in [0.4, 0.5) is 5.00 Å². The third-order valence-corrected chi connectivity index (χ3v) is 3.87. The van der Waals surface area contributed by atoms with Gasteiger partial charge in [-0.2, -0.15) is 0 Å². The molecule has 0 fully saturated rings. The standard InChI is InChI=1S/C11H9BrN2O3S/c1-17-5-2-3-7(12)6(4-5)10-14-8(11(15)16)9(13)18-10/h2-4H,13H2,1H3,(H,15,16). The number of aromatic nitrogens is 1. The molecular formula is C11H9BrN2O3S. The van der Waals surface area contributed by atoms with Gasteiger partial charge in [0.1, 0.15) is 15.8 Å². The molecular weight excluding hydrogens is 320 g/mol. The first-order valence-electron chi connectivity index (χ1n) is 4.86. The van der Waals surface area contributed by atoms with Crippen LogP contribution in [0.3, 0.4) is 0 Å². The average Bonchev–Trinajstić information content (AvgIpc) is 2.72. The number of carboxylic acid groups (broad SMARTS) is 1. The van der Waals surface area contributed by atoms with Crippen molar-refractivity contribution in [2.24, 2.45) is 0 Å². The molecule has 1 aromatic carbocycles. The van der Waals surface area contributed by atoms with Crippen LogP contribution in [0.15, 0.2) is 22.7 Å². The SMILES string of the molecule is COc1ccc(Br)c(-c2nc(C(=O)O)c(N)s2)c1. The van der Waals surface area contributed by atoms with Gasteiger partial charge in [-0.3, -0.25) is 0 Å². The summed E-state index contributed by atoms with van der Waals surface area (Å²) in [7, 11) is 1.56. The third-order valence-electron chi connectivity index (χ3n) is 2.26. The zero-order valence-electron chi connectivity index (χ0n) is 9.31. The molecule has 0 radical (unpaired) electrons. The first-order valence-corrected chi connectivity index (χ1v) is 6.47. The van der Waals surface area contributed by atoms with Gasteiger partial charge in [0.2, 0.25) is 0 Å². The summed E-state index contributed by atoms with van der Waals surface area (Å²) >= 11 is 4.52. The molecule has 0 unspecified atom stereocenters. The number of halogens is 1. The number of anilines is 1. The van der Waals surface area contributed by atoms with Crippen molar-refractivity contribution in [3.05, 3.63) is 28.4 Å². The molecule has 94 valence electrons. The number of thiazole rings is 1. The predicted octanol–water partition coefficient (Wildman–Crippen LogP) is 2.86. The second kappa shape index (κ2) is 4.95. The molecule has 18 heavy (non-hydrogen) atoms. The highest BCUT2D eigenvalue weighted by Crippen LogP contribution is 2.36. The van der Waals surface area contributed by atoms with Gasteiger partial charge in [0.15, 0.2) is 5.69 Å². The Balaban J connectivity index is 2.54. The van der Waals surface area contributed by atoms with Crippen molar-refractivity contribution in [1.82, 2.24) is 4.98 Å². The fourth-order valence-corrected chi connectivity index (χ4v) is 2.81. The summed E-state index contributed by atoms with van der Waals surface area (Å²) in [4.78, 5) is 14.9. The number of rotatable bonds is 3. The molecule has 0 spiro atoms. The van der Waals surface area contributed by atoms with Gasteiger partial charge in [0.25, 0.3) is 0 Å². The van der Waals surface area contributed by atoms with Crippen molar-refractivity contribution in [3.8, 4) is 16.3 Å². The number of methoxy groups -OCH3 is 1. The van der Waals surface area contributed by atoms with Crippen LogP contribution in [0.25, 0.3) is 10.6 Å². The number of hydrogen-bond donors (Lipinski definition) is 2. The molecule has 0 bridgehead atoms. The quantitative estimate of drug-likeness (QED) is 0.904. The lowest BCUT2D eigenvalue weighted by Crippen LogP contribution is -2.00. The summed E-state index contributed by atoms with van der Waals surface area (Å²) in [6.45, 7) is 0. The van der Waals surface area contributed by atoms with E-state index in [4.69, 9.17) is 15.6 Å². The van der Waals surface area contributed by atoms with Crippen LogP contribution in [0.5, 0.6) is 5.75 Å². The molecule has 5 nitrogen and oxygen atoms in total. The van der Waals surface area contributed by atoms with E-state index in [1.54, 1.807) is 19.2 Å². The molecule has 1 aromatic heterocycles. The zero-order valence-corrected chi connectivity index (χ0v) is 11.7. The molecule has 2 rings (SSSR count). The Morgan fingerprint density at radius 2 is 2.28 bits per heavy atom. The minimum absolute atomic E-state index is 0.121. The molecule has 0 aliphatic carbocycles. The molecule has 0 saturated heterocycles. The summed E-state index contributed by atoms with van der Waals surface area (Å²) in [5.74, 6) is -0.465. The topological polar surface area (TPSA) is 85.4 Å². The number of hydrogen-bond acceptors (Lipinski definition) is 5. The summed E-state index contributed by atoms with van der Waals surface area (Å²) < 4.78 is 5.92. The molecule has 0 saturated carbocycles. The van der Waals surface area contributed by atoms with Gasteiger partial charge in [-0.1, -0.05) is 27.3 Å². The minimum Gasteiger partial charge on any atom is -0.497 e. The Labute approximate surface area is 115 Å². The van der Waals surface area contributed by atoms with Crippen LogP contribution in [0.2, 0.25) is 0 Å². The Morgan fingerprint density at radius 3 is 2.83 bits per heavy atom. The molecule has 0 amide bonds. The molecule has 0 aliphatic heterocycles. The van der Waals surface area contributed by atoms with E-state index in [1.165, 1.54) is 0 Å². The van der Waals surface area contributed by atoms with E-state index in [1.807, 2.05) is 6.07 Å². The van der Waals surface area contributed by atoms with Crippen LogP contribution in [-0.2, 0) is 0 Å². The van der Waals surface area contributed by atoms with Gasteiger partial charge in [-0.25, -0.2) is 9.78 Å². The summed E-state index contributed by atoms with van der Waals surface area (Å²) in [6, 6.07) is 5.38. The highest BCUT2D eigenvalue weighted by atomic mass is 79.9. The third kappa shape index (κ3) is 2.32. The monoisotopic (exact) mass is 328 g/mol. The number of carbonyl (C=O) groups is 1. The highest BCUT2D eigenvalue weighted by molar-refractivity contribution is 9.10. The lowest BCUT2D eigenvalue weighted by Gasteiger charge is -2.04. The van der Waals surface area contributed by atoms with Gasteiger partial charge >= 0.3 is 5.97 Å². The molecule has 0 aliphatic rings. The maximum Gasteiger partial charge on any atom is 0.357 e. The number of benzene rings is 1. The molecule has 2 aromatic rings. The second-order valence-electron chi connectivity index (χ2n) is 3.38. The van der Waals surface area contributed by atoms with Crippen molar-refractivity contribution >= 4 is 38.2 Å². The largest absolute Gasteiger partial charge is 0.497 e. The van der Waals surface area contributed by atoms with Gasteiger partial charge in [-0.15, -0.1) is 0 Å². The van der Waals surface area contributed by atoms with Gasteiger partial charge < -0.3 is 15.6 Å². The van der Waals surface area contributed by atoms with Crippen molar-refractivity contribution in [1.29, 1.82) is 0 Å². The van der Waals surface area contributed by atoms with E-state index in [9.17, 15) is 4.79 Å². The summed E-state index contributed by atoms with van der Waals surface area (Å²) in [5, 5.41) is 9.65. The fourth-order valence-electron chi connectivity index (χ4n) is 1.40. The van der Waals surface area contributed by atoms with E-state index in [0.717, 1.165) is 21.4 Å². The molecule has 7 heteroatoms. The van der Waals surface area contributed by atoms with Crippen molar-refractivity contribution in [2.45, 2.75) is 0 Å². The number of nitrogens with two attached hydrogens (primary N) is 1. The van der Waals surface area contributed by atoms with Crippen LogP contribution in [0, 0.1) is 0 Å².